The number of carbonyl (C=O) groups is 1. The van der Waals surface area contributed by atoms with Gasteiger partial charge in [-0.15, -0.1) is 0 Å². The molecule has 2 amide bonds. The molecule has 0 aromatic heterocycles. The highest BCUT2D eigenvalue weighted by Gasteiger charge is 2.13. The Hall–Kier alpha value is -1.82. The van der Waals surface area contributed by atoms with Gasteiger partial charge in [0.2, 0.25) is 0 Å². The first kappa shape index (κ1) is 17.5. The van der Waals surface area contributed by atoms with Crippen LogP contribution in [0.4, 0.5) is 16.2 Å². The van der Waals surface area contributed by atoms with E-state index in [-0.39, 0.29) is 0 Å². The lowest BCUT2D eigenvalue weighted by atomic mass is 10.2. The molecule has 8 heteroatoms. The maximum atomic E-state index is 12.1. The van der Waals surface area contributed by atoms with Gasteiger partial charge in [0.25, 0.3) is 0 Å². The third-order valence-corrected chi connectivity index (χ3v) is 3.76. The van der Waals surface area contributed by atoms with Gasteiger partial charge in [-0.3, -0.25) is 0 Å². The van der Waals surface area contributed by atoms with Crippen molar-refractivity contribution >= 4 is 52.2 Å². The van der Waals surface area contributed by atoms with E-state index in [0.717, 1.165) is 0 Å². The molecule has 2 N–H and O–H groups in total. The molecular formula is C15H13Cl3N2O3. The number of anilines is 2. The quantitative estimate of drug-likeness (QED) is 0.761. The van der Waals surface area contributed by atoms with Gasteiger partial charge in [0, 0.05) is 17.2 Å². The number of benzene rings is 2. The molecule has 122 valence electrons. The Morgan fingerprint density at radius 1 is 0.870 bits per heavy atom. The fourth-order valence-corrected chi connectivity index (χ4v) is 2.40. The van der Waals surface area contributed by atoms with E-state index in [1.165, 1.54) is 14.2 Å². The van der Waals surface area contributed by atoms with E-state index in [1.54, 1.807) is 30.3 Å². The van der Waals surface area contributed by atoms with Crippen molar-refractivity contribution in [2.45, 2.75) is 0 Å². The molecule has 2 rings (SSSR count). The highest BCUT2D eigenvalue weighted by atomic mass is 35.5. The molecule has 0 aliphatic rings. The lowest BCUT2D eigenvalue weighted by Gasteiger charge is -2.14. The zero-order chi connectivity index (χ0) is 17.0. The maximum absolute atomic E-state index is 12.1. The van der Waals surface area contributed by atoms with E-state index in [4.69, 9.17) is 44.3 Å². The van der Waals surface area contributed by atoms with Gasteiger partial charge in [-0.05, 0) is 18.2 Å². The van der Waals surface area contributed by atoms with Crippen molar-refractivity contribution in [2.24, 2.45) is 0 Å². The molecule has 0 saturated heterocycles. The molecule has 0 spiro atoms. The predicted octanol–water partition coefficient (Wildman–Crippen LogP) is 5.31. The number of amides is 2. The van der Waals surface area contributed by atoms with Gasteiger partial charge in [0.15, 0.2) is 0 Å². The van der Waals surface area contributed by atoms with Crippen LogP contribution in [0.2, 0.25) is 15.1 Å². The van der Waals surface area contributed by atoms with Gasteiger partial charge in [-0.25, -0.2) is 4.79 Å². The number of methoxy groups -OCH3 is 2. The van der Waals surface area contributed by atoms with Crippen molar-refractivity contribution in [2.75, 3.05) is 24.9 Å². The summed E-state index contributed by atoms with van der Waals surface area (Å²) in [5.74, 6) is 0.798. The minimum absolute atomic E-state index is 0.366. The van der Waals surface area contributed by atoms with Gasteiger partial charge in [-0.2, -0.15) is 0 Å². The molecule has 0 bridgehead atoms. The van der Waals surface area contributed by atoms with Crippen LogP contribution in [0.5, 0.6) is 11.5 Å². The second kappa shape index (κ2) is 7.64. The molecule has 2 aromatic carbocycles. The maximum Gasteiger partial charge on any atom is 0.323 e. The van der Waals surface area contributed by atoms with Crippen LogP contribution in [-0.2, 0) is 0 Å². The number of nitrogens with one attached hydrogen (secondary N) is 2. The summed E-state index contributed by atoms with van der Waals surface area (Å²) in [7, 11) is 2.94. The first-order valence-electron chi connectivity index (χ1n) is 6.39. The van der Waals surface area contributed by atoms with Crippen LogP contribution in [0.1, 0.15) is 0 Å². The number of hydrogen-bond acceptors (Lipinski definition) is 3. The number of hydrogen-bond donors (Lipinski definition) is 2. The van der Waals surface area contributed by atoms with E-state index >= 15 is 0 Å². The largest absolute Gasteiger partial charge is 0.495 e. The minimum Gasteiger partial charge on any atom is -0.495 e. The van der Waals surface area contributed by atoms with Crippen LogP contribution >= 0.6 is 34.8 Å². The Labute approximate surface area is 148 Å². The molecule has 0 fully saturated rings. The smallest absolute Gasteiger partial charge is 0.323 e. The second-order valence-corrected chi connectivity index (χ2v) is 5.64. The molecular weight excluding hydrogens is 363 g/mol. The van der Waals surface area contributed by atoms with E-state index in [9.17, 15) is 4.79 Å². The molecule has 0 aliphatic carbocycles. The van der Waals surface area contributed by atoms with E-state index in [2.05, 4.69) is 10.6 Å². The molecule has 0 unspecified atom stereocenters. The van der Waals surface area contributed by atoms with Crippen molar-refractivity contribution in [3.8, 4) is 11.5 Å². The van der Waals surface area contributed by atoms with E-state index in [0.29, 0.717) is 37.9 Å². The van der Waals surface area contributed by atoms with Gasteiger partial charge >= 0.3 is 6.03 Å². The average Bonchev–Trinajstić information content (AvgIpc) is 2.52. The molecule has 0 heterocycles. The lowest BCUT2D eigenvalue weighted by molar-refractivity contribution is 0.262. The molecule has 0 radical (unpaired) electrons. The van der Waals surface area contributed by atoms with Crippen LogP contribution in [0.3, 0.4) is 0 Å². The molecule has 0 saturated carbocycles. The second-order valence-electron chi connectivity index (χ2n) is 4.39. The number of halogens is 3. The Bertz CT molecular complexity index is 738. The van der Waals surface area contributed by atoms with E-state index < -0.39 is 6.03 Å². The van der Waals surface area contributed by atoms with Crippen molar-refractivity contribution < 1.29 is 14.3 Å². The zero-order valence-electron chi connectivity index (χ0n) is 12.2. The van der Waals surface area contributed by atoms with Crippen LogP contribution in [0, 0.1) is 0 Å². The molecule has 23 heavy (non-hydrogen) atoms. The van der Waals surface area contributed by atoms with Crippen LogP contribution in [0.25, 0.3) is 0 Å². The van der Waals surface area contributed by atoms with Crippen LogP contribution < -0.4 is 20.1 Å². The molecule has 0 atom stereocenters. The average molecular weight is 376 g/mol. The summed E-state index contributed by atoms with van der Waals surface area (Å²) in [6, 6.07) is 7.34. The summed E-state index contributed by atoms with van der Waals surface area (Å²) < 4.78 is 10.3. The first-order chi connectivity index (χ1) is 10.9. The number of urea groups is 1. The van der Waals surface area contributed by atoms with Crippen molar-refractivity contribution in [1.29, 1.82) is 0 Å². The first-order valence-corrected chi connectivity index (χ1v) is 7.52. The minimum atomic E-state index is -0.517. The Morgan fingerprint density at radius 2 is 1.52 bits per heavy atom. The predicted molar refractivity (Wildman–Crippen MR) is 93.7 cm³/mol. The van der Waals surface area contributed by atoms with Gasteiger partial charge in [-0.1, -0.05) is 34.8 Å². The topological polar surface area (TPSA) is 59.6 Å². The van der Waals surface area contributed by atoms with Crippen LogP contribution in [-0.4, -0.2) is 20.3 Å². The standard InChI is InChI=1S/C15H13Cl3N2O3/c1-22-13-7-12(14(23-2)6-10(13)18)20-15(21)19-11-5-8(16)3-4-9(11)17/h3-7H,1-2H3,(H2,19,20,21). The SMILES string of the molecule is COc1cc(NC(=O)Nc2cc(Cl)ccc2Cl)c(OC)cc1Cl. The third kappa shape index (κ3) is 4.34. The number of rotatable bonds is 4. The fraction of sp³-hybridized carbons (Fsp3) is 0.133. The van der Waals surface area contributed by atoms with E-state index in [1.807, 2.05) is 0 Å². The monoisotopic (exact) mass is 374 g/mol. The highest BCUT2D eigenvalue weighted by Crippen LogP contribution is 2.36. The van der Waals surface area contributed by atoms with Crippen LogP contribution in [0.15, 0.2) is 30.3 Å². The molecule has 5 nitrogen and oxygen atoms in total. The van der Waals surface area contributed by atoms with Gasteiger partial charge < -0.3 is 20.1 Å². The summed E-state index contributed by atoms with van der Waals surface area (Å²) in [5.41, 5.74) is 0.779. The van der Waals surface area contributed by atoms with Crippen molar-refractivity contribution in [1.82, 2.24) is 0 Å². The fourth-order valence-electron chi connectivity index (χ4n) is 1.83. The zero-order valence-corrected chi connectivity index (χ0v) is 14.5. The summed E-state index contributed by atoms with van der Waals surface area (Å²) >= 11 is 17.9. The molecule has 0 aliphatic heterocycles. The van der Waals surface area contributed by atoms with Gasteiger partial charge in [0.05, 0.1) is 35.6 Å². The molecule has 2 aromatic rings. The van der Waals surface area contributed by atoms with Crippen molar-refractivity contribution in [3.05, 3.63) is 45.4 Å². The highest BCUT2D eigenvalue weighted by molar-refractivity contribution is 6.35. The summed E-state index contributed by atoms with van der Waals surface area (Å²) in [5, 5.41) is 6.44. The Morgan fingerprint density at radius 3 is 2.17 bits per heavy atom. The Kier molecular flexibility index (Phi) is 5.82. The summed E-state index contributed by atoms with van der Waals surface area (Å²) in [6.07, 6.45) is 0. The third-order valence-electron chi connectivity index (χ3n) is 2.90. The lowest BCUT2D eigenvalue weighted by Crippen LogP contribution is -2.20. The summed E-state index contributed by atoms with van der Waals surface area (Å²) in [4.78, 5) is 12.1. The normalized spacial score (nSPS) is 10.1. The van der Waals surface area contributed by atoms with Crippen molar-refractivity contribution in [3.63, 3.8) is 0 Å². The Balaban J connectivity index is 2.21. The van der Waals surface area contributed by atoms with Gasteiger partial charge in [0.1, 0.15) is 11.5 Å². The number of ether oxygens (including phenoxy) is 2. The number of carbonyl (C=O) groups excluding carboxylic acids is 1. The summed E-state index contributed by atoms with van der Waals surface area (Å²) in [6.45, 7) is 0.